The molecule has 0 radical (unpaired) electrons. The Hall–Kier alpha value is -1.66. The maximum absolute atomic E-state index is 11.2. The number of nitrogens with one attached hydrogen (secondary N) is 1. The Labute approximate surface area is 107 Å². The van der Waals surface area contributed by atoms with Crippen LogP contribution in [-0.2, 0) is 10.0 Å². The average molecular weight is 265 g/mol. The maximum Gasteiger partial charge on any atom is 0.209 e. The van der Waals surface area contributed by atoms with E-state index >= 15 is 0 Å². The van der Waals surface area contributed by atoms with Crippen LogP contribution in [-0.4, -0.2) is 24.2 Å². The SMILES string of the molecule is C[C@H](NS(C)(=O)=O)c1cccc(-n2ccnc2)c1. The Morgan fingerprint density at radius 3 is 2.78 bits per heavy atom. The minimum absolute atomic E-state index is 0.261. The molecule has 0 amide bonds. The third-order valence-corrected chi connectivity index (χ3v) is 3.35. The summed E-state index contributed by atoms with van der Waals surface area (Å²) in [5.74, 6) is 0. The molecule has 1 atom stereocenters. The van der Waals surface area contributed by atoms with Crippen molar-refractivity contribution in [3.63, 3.8) is 0 Å². The molecule has 0 aliphatic rings. The van der Waals surface area contributed by atoms with E-state index in [1.807, 2.05) is 42.0 Å². The van der Waals surface area contributed by atoms with Crippen molar-refractivity contribution in [3.8, 4) is 5.69 Å². The molecular weight excluding hydrogens is 250 g/mol. The van der Waals surface area contributed by atoms with Gasteiger partial charge in [-0.05, 0) is 24.6 Å². The lowest BCUT2D eigenvalue weighted by Crippen LogP contribution is -2.25. The van der Waals surface area contributed by atoms with Crippen molar-refractivity contribution in [2.75, 3.05) is 6.26 Å². The van der Waals surface area contributed by atoms with Crippen LogP contribution in [0.5, 0.6) is 0 Å². The molecule has 6 heteroatoms. The maximum atomic E-state index is 11.2. The Kier molecular flexibility index (Phi) is 3.49. The van der Waals surface area contributed by atoms with Gasteiger partial charge in [0.15, 0.2) is 0 Å². The lowest BCUT2D eigenvalue weighted by atomic mass is 10.1. The zero-order valence-corrected chi connectivity index (χ0v) is 11.1. The Morgan fingerprint density at radius 1 is 1.39 bits per heavy atom. The van der Waals surface area contributed by atoms with E-state index in [0.717, 1.165) is 17.5 Å². The van der Waals surface area contributed by atoms with E-state index in [-0.39, 0.29) is 6.04 Å². The monoisotopic (exact) mass is 265 g/mol. The number of aromatic nitrogens is 2. The molecule has 0 saturated heterocycles. The average Bonchev–Trinajstić information content (AvgIpc) is 2.80. The summed E-state index contributed by atoms with van der Waals surface area (Å²) in [4.78, 5) is 3.98. The highest BCUT2D eigenvalue weighted by atomic mass is 32.2. The van der Waals surface area contributed by atoms with Gasteiger partial charge in [-0.25, -0.2) is 18.1 Å². The van der Waals surface area contributed by atoms with Crippen molar-refractivity contribution >= 4 is 10.0 Å². The molecule has 1 heterocycles. The minimum Gasteiger partial charge on any atom is -0.306 e. The molecule has 0 unspecified atom stereocenters. The fourth-order valence-electron chi connectivity index (χ4n) is 1.76. The number of benzene rings is 1. The zero-order valence-electron chi connectivity index (χ0n) is 10.2. The van der Waals surface area contributed by atoms with Gasteiger partial charge in [0.2, 0.25) is 10.0 Å². The van der Waals surface area contributed by atoms with Gasteiger partial charge in [0.25, 0.3) is 0 Å². The van der Waals surface area contributed by atoms with E-state index in [1.165, 1.54) is 0 Å². The zero-order chi connectivity index (χ0) is 13.2. The second kappa shape index (κ2) is 4.91. The normalized spacial score (nSPS) is 13.4. The molecule has 18 heavy (non-hydrogen) atoms. The van der Waals surface area contributed by atoms with Crippen LogP contribution in [0.15, 0.2) is 43.0 Å². The largest absolute Gasteiger partial charge is 0.306 e. The van der Waals surface area contributed by atoms with Gasteiger partial charge in [0.1, 0.15) is 0 Å². The van der Waals surface area contributed by atoms with Gasteiger partial charge in [0, 0.05) is 24.1 Å². The number of imidazole rings is 1. The van der Waals surface area contributed by atoms with Crippen LogP contribution in [0.1, 0.15) is 18.5 Å². The van der Waals surface area contributed by atoms with E-state index in [4.69, 9.17) is 0 Å². The van der Waals surface area contributed by atoms with Gasteiger partial charge < -0.3 is 4.57 Å². The Morgan fingerprint density at radius 2 is 2.17 bits per heavy atom. The fourth-order valence-corrected chi connectivity index (χ4v) is 2.53. The molecule has 2 rings (SSSR count). The molecule has 0 spiro atoms. The van der Waals surface area contributed by atoms with Gasteiger partial charge in [-0.1, -0.05) is 12.1 Å². The second-order valence-corrected chi connectivity index (χ2v) is 5.96. The molecular formula is C12H15N3O2S. The summed E-state index contributed by atoms with van der Waals surface area (Å²) in [5, 5.41) is 0. The first kappa shape index (κ1) is 12.8. The van der Waals surface area contributed by atoms with Gasteiger partial charge >= 0.3 is 0 Å². The first-order chi connectivity index (χ1) is 8.46. The topological polar surface area (TPSA) is 64.0 Å². The molecule has 1 N–H and O–H groups in total. The van der Waals surface area contributed by atoms with Crippen LogP contribution in [0.25, 0.3) is 5.69 Å². The van der Waals surface area contributed by atoms with Crippen LogP contribution in [0.4, 0.5) is 0 Å². The predicted molar refractivity (Wildman–Crippen MR) is 70.0 cm³/mol. The molecule has 0 bridgehead atoms. The van der Waals surface area contributed by atoms with Crippen molar-refractivity contribution in [1.82, 2.24) is 14.3 Å². The smallest absolute Gasteiger partial charge is 0.209 e. The number of nitrogens with zero attached hydrogens (tertiary/aromatic N) is 2. The molecule has 96 valence electrons. The summed E-state index contributed by atoms with van der Waals surface area (Å²) in [6.07, 6.45) is 6.40. The van der Waals surface area contributed by atoms with Gasteiger partial charge in [0.05, 0.1) is 12.6 Å². The fraction of sp³-hybridized carbons (Fsp3) is 0.250. The molecule has 0 saturated carbocycles. The lowest BCUT2D eigenvalue weighted by molar-refractivity contribution is 0.573. The molecule has 5 nitrogen and oxygen atoms in total. The predicted octanol–water partition coefficient (Wildman–Crippen LogP) is 1.48. The Balaban J connectivity index is 2.28. The van der Waals surface area contributed by atoms with Crippen LogP contribution in [0.3, 0.4) is 0 Å². The molecule has 1 aromatic heterocycles. The standard InChI is InChI=1S/C12H15N3O2S/c1-10(14-18(2,16)17)11-4-3-5-12(8-11)15-7-6-13-9-15/h3-10,14H,1-2H3/t10-/m0/s1. The van der Waals surface area contributed by atoms with Crippen LogP contribution in [0, 0.1) is 0 Å². The van der Waals surface area contributed by atoms with E-state index in [9.17, 15) is 8.42 Å². The highest BCUT2D eigenvalue weighted by molar-refractivity contribution is 7.88. The number of sulfonamides is 1. The van der Waals surface area contributed by atoms with E-state index < -0.39 is 10.0 Å². The lowest BCUT2D eigenvalue weighted by Gasteiger charge is -2.14. The Bertz CT molecular complexity index is 621. The summed E-state index contributed by atoms with van der Waals surface area (Å²) in [6, 6.07) is 7.40. The summed E-state index contributed by atoms with van der Waals surface area (Å²) < 4.78 is 26.8. The first-order valence-corrected chi connectivity index (χ1v) is 7.40. The van der Waals surface area contributed by atoms with Crippen LogP contribution >= 0.6 is 0 Å². The van der Waals surface area contributed by atoms with E-state index in [2.05, 4.69) is 9.71 Å². The third kappa shape index (κ3) is 3.18. The van der Waals surface area contributed by atoms with Gasteiger partial charge in [-0.3, -0.25) is 0 Å². The van der Waals surface area contributed by atoms with Gasteiger partial charge in [-0.15, -0.1) is 0 Å². The van der Waals surface area contributed by atoms with Crippen molar-refractivity contribution in [2.45, 2.75) is 13.0 Å². The van der Waals surface area contributed by atoms with Crippen LogP contribution < -0.4 is 4.72 Å². The first-order valence-electron chi connectivity index (χ1n) is 5.51. The quantitative estimate of drug-likeness (QED) is 0.910. The summed E-state index contributed by atoms with van der Waals surface area (Å²) in [7, 11) is -3.21. The van der Waals surface area contributed by atoms with Crippen molar-refractivity contribution in [3.05, 3.63) is 48.5 Å². The third-order valence-electron chi connectivity index (χ3n) is 2.56. The van der Waals surface area contributed by atoms with E-state index in [1.54, 1.807) is 12.5 Å². The second-order valence-electron chi connectivity index (χ2n) is 4.18. The van der Waals surface area contributed by atoms with Crippen LogP contribution in [0.2, 0.25) is 0 Å². The molecule has 0 fully saturated rings. The molecule has 1 aromatic carbocycles. The number of hydrogen-bond donors (Lipinski definition) is 1. The molecule has 0 aliphatic heterocycles. The van der Waals surface area contributed by atoms with Crippen molar-refractivity contribution < 1.29 is 8.42 Å². The number of rotatable bonds is 4. The van der Waals surface area contributed by atoms with Crippen molar-refractivity contribution in [1.29, 1.82) is 0 Å². The highest BCUT2D eigenvalue weighted by Crippen LogP contribution is 2.17. The molecule has 0 aliphatic carbocycles. The van der Waals surface area contributed by atoms with Gasteiger partial charge in [-0.2, -0.15) is 0 Å². The number of hydrogen-bond acceptors (Lipinski definition) is 3. The van der Waals surface area contributed by atoms with Crippen molar-refractivity contribution in [2.24, 2.45) is 0 Å². The highest BCUT2D eigenvalue weighted by Gasteiger charge is 2.11. The summed E-state index contributed by atoms with van der Waals surface area (Å²) >= 11 is 0. The minimum atomic E-state index is -3.21. The summed E-state index contributed by atoms with van der Waals surface area (Å²) in [6.45, 7) is 1.81. The summed E-state index contributed by atoms with van der Waals surface area (Å²) in [5.41, 5.74) is 1.86. The van der Waals surface area contributed by atoms with E-state index in [0.29, 0.717) is 0 Å². The molecule has 2 aromatic rings.